The molecule has 0 atom stereocenters. The fourth-order valence-corrected chi connectivity index (χ4v) is 4.83. The maximum atomic E-state index is 12.7. The van der Waals surface area contributed by atoms with Gasteiger partial charge in [-0.3, -0.25) is 0 Å². The van der Waals surface area contributed by atoms with Crippen LogP contribution in [0.15, 0.2) is 53.1 Å². The highest BCUT2D eigenvalue weighted by Crippen LogP contribution is 2.42. The van der Waals surface area contributed by atoms with Crippen LogP contribution in [0.5, 0.6) is 5.75 Å². The summed E-state index contributed by atoms with van der Waals surface area (Å²) in [6.45, 7) is 0. The number of aryl methyl sites for hydroxylation is 1. The van der Waals surface area contributed by atoms with E-state index in [-0.39, 0.29) is 0 Å². The number of hydrogen-bond donors (Lipinski definition) is 1. The second kappa shape index (κ2) is 6.80. The van der Waals surface area contributed by atoms with Gasteiger partial charge in [-0.05, 0) is 61.1 Å². The Morgan fingerprint density at radius 2 is 1.86 bits per heavy atom. The number of aromatic nitrogens is 1. The average Bonchev–Trinajstić information content (AvgIpc) is 3.36. The van der Waals surface area contributed by atoms with E-state index in [0.29, 0.717) is 16.3 Å². The number of rotatable bonds is 3. The Bertz CT molecular complexity index is 1160. The first-order valence-electron chi connectivity index (χ1n) is 9.27. The van der Waals surface area contributed by atoms with Gasteiger partial charge in [0.25, 0.3) is 0 Å². The fourth-order valence-electron chi connectivity index (χ4n) is 3.82. The monoisotopic (exact) mass is 390 g/mol. The first-order chi connectivity index (χ1) is 13.7. The molecule has 2 N–H and O–H groups in total. The molecular weight excluding hydrogens is 372 g/mol. The third kappa shape index (κ3) is 2.77. The van der Waals surface area contributed by atoms with Crippen LogP contribution in [0.4, 0.5) is 5.69 Å². The Kier molecular flexibility index (Phi) is 4.13. The van der Waals surface area contributed by atoms with Crippen molar-refractivity contribution in [1.29, 1.82) is 0 Å². The molecule has 6 heteroatoms. The van der Waals surface area contributed by atoms with Crippen molar-refractivity contribution in [1.82, 2.24) is 4.98 Å². The zero-order chi connectivity index (χ0) is 19.1. The van der Waals surface area contributed by atoms with Crippen molar-refractivity contribution in [2.24, 2.45) is 0 Å². The number of nitrogen functional groups attached to an aromatic ring is 1. The molecule has 0 saturated carbocycles. The number of pyridine rings is 1. The molecule has 1 aliphatic rings. The van der Waals surface area contributed by atoms with E-state index in [9.17, 15) is 4.79 Å². The maximum Gasteiger partial charge on any atom is 0.355 e. The molecule has 28 heavy (non-hydrogen) atoms. The first-order valence-corrected chi connectivity index (χ1v) is 10.1. The number of benzene rings is 1. The van der Waals surface area contributed by atoms with E-state index in [1.54, 1.807) is 18.4 Å². The summed E-state index contributed by atoms with van der Waals surface area (Å²) >= 11 is 1.28. The van der Waals surface area contributed by atoms with Gasteiger partial charge in [0.1, 0.15) is 21.2 Å². The van der Waals surface area contributed by atoms with Gasteiger partial charge in [-0.2, -0.15) is 0 Å². The first kappa shape index (κ1) is 17.0. The van der Waals surface area contributed by atoms with Crippen LogP contribution in [0.25, 0.3) is 21.7 Å². The smallest absolute Gasteiger partial charge is 0.355 e. The summed E-state index contributed by atoms with van der Waals surface area (Å²) in [6, 6.07) is 12.8. The van der Waals surface area contributed by atoms with E-state index < -0.39 is 5.97 Å². The fraction of sp³-hybridized carbons (Fsp3) is 0.182. The van der Waals surface area contributed by atoms with Crippen molar-refractivity contribution >= 4 is 33.2 Å². The topological polar surface area (TPSA) is 78.4 Å². The van der Waals surface area contributed by atoms with E-state index in [2.05, 4.69) is 0 Å². The van der Waals surface area contributed by atoms with Crippen molar-refractivity contribution in [3.05, 3.63) is 64.7 Å². The minimum atomic E-state index is -0.448. The normalized spacial score (nSPS) is 13.4. The Balaban J connectivity index is 1.65. The molecule has 5 nitrogen and oxygen atoms in total. The number of nitrogens with zero attached hydrogens (tertiary/aromatic N) is 1. The number of anilines is 1. The Morgan fingerprint density at radius 1 is 1.07 bits per heavy atom. The summed E-state index contributed by atoms with van der Waals surface area (Å²) in [7, 11) is 0. The summed E-state index contributed by atoms with van der Waals surface area (Å²) in [5.74, 6) is 0.798. The molecule has 4 aromatic rings. The highest BCUT2D eigenvalue weighted by Gasteiger charge is 2.27. The molecule has 140 valence electrons. The van der Waals surface area contributed by atoms with Crippen LogP contribution in [0.3, 0.4) is 0 Å². The van der Waals surface area contributed by atoms with Gasteiger partial charge in [-0.1, -0.05) is 18.2 Å². The molecule has 0 bridgehead atoms. The third-order valence-corrected chi connectivity index (χ3v) is 6.17. The minimum Gasteiger partial charge on any atom is -0.463 e. The Labute approximate surface area is 165 Å². The number of esters is 1. The number of hydrogen-bond acceptors (Lipinski definition) is 6. The predicted molar refractivity (Wildman–Crippen MR) is 110 cm³/mol. The highest BCUT2D eigenvalue weighted by atomic mass is 32.1. The quantitative estimate of drug-likeness (QED) is 0.382. The highest BCUT2D eigenvalue weighted by molar-refractivity contribution is 7.21. The lowest BCUT2D eigenvalue weighted by atomic mass is 9.88. The molecule has 5 rings (SSSR count). The second-order valence-corrected chi connectivity index (χ2v) is 7.83. The molecular formula is C22H18N2O3S. The summed E-state index contributed by atoms with van der Waals surface area (Å²) < 4.78 is 11.1. The molecule has 0 radical (unpaired) electrons. The van der Waals surface area contributed by atoms with Crippen molar-refractivity contribution in [3.63, 3.8) is 0 Å². The molecule has 0 saturated heterocycles. The summed E-state index contributed by atoms with van der Waals surface area (Å²) in [4.78, 5) is 18.7. The van der Waals surface area contributed by atoms with Gasteiger partial charge in [0.15, 0.2) is 5.76 Å². The van der Waals surface area contributed by atoms with Gasteiger partial charge in [0.05, 0.1) is 12.0 Å². The number of nitrogens with two attached hydrogens (primary N) is 1. The lowest BCUT2D eigenvalue weighted by Gasteiger charge is -2.19. The number of ether oxygens (including phenoxy) is 1. The van der Waals surface area contributed by atoms with Gasteiger partial charge in [-0.15, -0.1) is 11.3 Å². The van der Waals surface area contributed by atoms with Gasteiger partial charge in [0.2, 0.25) is 0 Å². The van der Waals surface area contributed by atoms with Gasteiger partial charge < -0.3 is 14.9 Å². The lowest BCUT2D eigenvalue weighted by molar-refractivity contribution is 0.0741. The molecule has 0 spiro atoms. The van der Waals surface area contributed by atoms with Crippen LogP contribution in [-0.2, 0) is 12.8 Å². The SMILES string of the molecule is Nc1c(C(=O)Oc2ccccc2)sc2nc(-c3ccco3)c3c(c12)CCCC3. The van der Waals surface area contributed by atoms with Crippen LogP contribution < -0.4 is 10.5 Å². The Hall–Kier alpha value is -3.12. The van der Waals surface area contributed by atoms with Gasteiger partial charge >= 0.3 is 5.97 Å². The van der Waals surface area contributed by atoms with E-state index in [1.807, 2.05) is 30.3 Å². The molecule has 3 heterocycles. The van der Waals surface area contributed by atoms with Crippen LogP contribution in [0, 0.1) is 0 Å². The third-order valence-electron chi connectivity index (χ3n) is 5.09. The summed E-state index contributed by atoms with van der Waals surface area (Å²) in [5.41, 5.74) is 10.1. The molecule has 3 aromatic heterocycles. The summed E-state index contributed by atoms with van der Waals surface area (Å²) in [5, 5.41) is 0.898. The molecule has 0 amide bonds. The van der Waals surface area contributed by atoms with E-state index in [1.165, 1.54) is 22.5 Å². The zero-order valence-corrected chi connectivity index (χ0v) is 15.9. The maximum absolute atomic E-state index is 12.7. The number of carbonyl (C=O) groups excluding carboxylic acids is 1. The molecule has 1 aromatic carbocycles. The van der Waals surface area contributed by atoms with Crippen molar-refractivity contribution in [2.45, 2.75) is 25.7 Å². The standard InChI is InChI=1S/C22H18N2O3S/c23-18-17-14-9-4-5-10-15(14)19(16-11-6-12-26-16)24-21(17)28-20(18)22(25)27-13-7-2-1-3-8-13/h1-3,6-8,11-12H,4-5,9-10,23H2. The molecule has 0 unspecified atom stereocenters. The number of thiophene rings is 1. The van der Waals surface area contributed by atoms with E-state index >= 15 is 0 Å². The molecule has 1 aliphatic carbocycles. The number of furan rings is 1. The van der Waals surface area contributed by atoms with Gasteiger partial charge in [0, 0.05) is 5.39 Å². The number of para-hydroxylation sites is 1. The number of fused-ring (bicyclic) bond motifs is 3. The van der Waals surface area contributed by atoms with E-state index in [0.717, 1.165) is 47.4 Å². The second-order valence-electron chi connectivity index (χ2n) is 6.83. The largest absolute Gasteiger partial charge is 0.463 e. The van der Waals surface area contributed by atoms with Crippen molar-refractivity contribution < 1.29 is 13.9 Å². The average molecular weight is 390 g/mol. The number of carbonyl (C=O) groups is 1. The zero-order valence-electron chi connectivity index (χ0n) is 15.1. The van der Waals surface area contributed by atoms with Crippen molar-refractivity contribution in [2.75, 3.05) is 5.73 Å². The lowest BCUT2D eigenvalue weighted by Crippen LogP contribution is -2.09. The van der Waals surface area contributed by atoms with Crippen LogP contribution in [-0.4, -0.2) is 11.0 Å². The summed E-state index contributed by atoms with van der Waals surface area (Å²) in [6.07, 6.45) is 5.73. The molecule has 0 aliphatic heterocycles. The van der Waals surface area contributed by atoms with Crippen LogP contribution in [0.2, 0.25) is 0 Å². The van der Waals surface area contributed by atoms with Gasteiger partial charge in [-0.25, -0.2) is 9.78 Å². The molecule has 0 fully saturated rings. The van der Waals surface area contributed by atoms with Crippen molar-refractivity contribution in [3.8, 4) is 17.2 Å². The van der Waals surface area contributed by atoms with Crippen LogP contribution in [0.1, 0.15) is 33.6 Å². The Morgan fingerprint density at radius 3 is 2.61 bits per heavy atom. The van der Waals surface area contributed by atoms with Crippen LogP contribution >= 0.6 is 11.3 Å². The van der Waals surface area contributed by atoms with E-state index in [4.69, 9.17) is 19.9 Å². The predicted octanol–water partition coefficient (Wildman–Crippen LogP) is 5.24. The minimum absolute atomic E-state index is 0.399.